The smallest absolute Gasteiger partial charge is 0.198 e. The molecule has 0 atom stereocenters. The van der Waals surface area contributed by atoms with Gasteiger partial charge in [0.2, 0.25) is 0 Å². The number of ether oxygens (including phenoxy) is 1. The van der Waals surface area contributed by atoms with Crippen LogP contribution in [-0.2, 0) is 6.54 Å². The van der Waals surface area contributed by atoms with Gasteiger partial charge in [0, 0.05) is 22.7 Å². The maximum Gasteiger partial charge on any atom is 0.198 e. The molecule has 0 aliphatic rings. The summed E-state index contributed by atoms with van der Waals surface area (Å²) in [7, 11) is 0. The summed E-state index contributed by atoms with van der Waals surface area (Å²) in [5, 5.41) is 0.814. The van der Waals surface area contributed by atoms with E-state index in [0.29, 0.717) is 24.6 Å². The van der Waals surface area contributed by atoms with E-state index in [0.717, 1.165) is 22.2 Å². The van der Waals surface area contributed by atoms with Crippen LogP contribution in [-0.4, -0.2) is 17.0 Å². The number of halogens is 1. The van der Waals surface area contributed by atoms with Crippen molar-refractivity contribution in [2.24, 2.45) is 0 Å². The number of carbonyl (C=O) groups is 1. The molecule has 0 aliphatic heterocycles. The lowest BCUT2D eigenvalue weighted by atomic mass is 10.0. The van der Waals surface area contributed by atoms with Crippen molar-refractivity contribution in [1.29, 1.82) is 0 Å². The summed E-state index contributed by atoms with van der Waals surface area (Å²) in [5.74, 6) is 0.449. The topological polar surface area (TPSA) is 31.2 Å². The third-order valence-electron chi connectivity index (χ3n) is 5.53. The van der Waals surface area contributed by atoms with Crippen LogP contribution in [0.2, 0.25) is 0 Å². The van der Waals surface area contributed by atoms with Gasteiger partial charge in [-0.3, -0.25) is 4.79 Å². The van der Waals surface area contributed by atoms with Gasteiger partial charge in [-0.2, -0.15) is 0 Å². The molecule has 4 heteroatoms. The second-order valence-corrected chi connectivity index (χ2v) is 8.11. The van der Waals surface area contributed by atoms with Crippen LogP contribution in [0.25, 0.3) is 10.9 Å². The Labute approximate surface area is 182 Å². The fraction of sp³-hybridized carbons (Fsp3) is 0.222. The number of rotatable bonds is 7. The average molecular weight is 416 g/mol. The molecule has 1 aromatic heterocycles. The maximum absolute atomic E-state index is 14.2. The third-order valence-corrected chi connectivity index (χ3v) is 5.53. The molecule has 4 aromatic rings. The van der Waals surface area contributed by atoms with Crippen LogP contribution in [0.5, 0.6) is 5.75 Å². The number of nitrogens with zero attached hydrogens (tertiary/aromatic N) is 1. The number of hydrogen-bond donors (Lipinski definition) is 0. The summed E-state index contributed by atoms with van der Waals surface area (Å²) in [6.07, 6.45) is 1.81. The zero-order valence-corrected chi connectivity index (χ0v) is 18.1. The highest BCUT2D eigenvalue weighted by atomic mass is 19.1. The van der Waals surface area contributed by atoms with E-state index in [4.69, 9.17) is 4.74 Å². The molecule has 0 saturated heterocycles. The van der Waals surface area contributed by atoms with Crippen LogP contribution in [0, 0.1) is 12.7 Å². The van der Waals surface area contributed by atoms with Crippen molar-refractivity contribution < 1.29 is 13.9 Å². The third kappa shape index (κ3) is 4.24. The van der Waals surface area contributed by atoms with E-state index in [1.54, 1.807) is 12.1 Å². The molecule has 0 spiro atoms. The summed E-state index contributed by atoms with van der Waals surface area (Å²) < 4.78 is 22.4. The summed E-state index contributed by atoms with van der Waals surface area (Å²) in [6.45, 7) is 7.40. The van der Waals surface area contributed by atoms with Crippen LogP contribution >= 0.6 is 0 Å². The highest BCUT2D eigenvalue weighted by molar-refractivity contribution is 6.16. The van der Waals surface area contributed by atoms with E-state index < -0.39 is 5.82 Å². The number of aryl methyl sites for hydroxylation is 1. The fourth-order valence-electron chi connectivity index (χ4n) is 3.90. The molecule has 0 radical (unpaired) electrons. The molecule has 0 unspecified atom stereocenters. The predicted molar refractivity (Wildman–Crippen MR) is 123 cm³/mol. The van der Waals surface area contributed by atoms with Gasteiger partial charge in [-0.1, -0.05) is 56.3 Å². The molecule has 0 amide bonds. The first-order valence-electron chi connectivity index (χ1n) is 10.6. The van der Waals surface area contributed by atoms with Crippen molar-refractivity contribution in [2.75, 3.05) is 6.61 Å². The minimum atomic E-state index is -0.506. The summed E-state index contributed by atoms with van der Waals surface area (Å²) >= 11 is 0. The molecular formula is C27H26FNO2. The predicted octanol–water partition coefficient (Wildman–Crippen LogP) is 6.52. The van der Waals surface area contributed by atoms with Gasteiger partial charge in [0.15, 0.2) is 5.78 Å². The fourth-order valence-corrected chi connectivity index (χ4v) is 3.90. The Kier molecular flexibility index (Phi) is 5.90. The Hall–Kier alpha value is -3.40. The minimum Gasteiger partial charge on any atom is -0.491 e. The van der Waals surface area contributed by atoms with Crippen LogP contribution in [0.3, 0.4) is 0 Å². The monoisotopic (exact) mass is 415 g/mol. The normalized spacial score (nSPS) is 11.3. The van der Waals surface area contributed by atoms with E-state index in [9.17, 15) is 9.18 Å². The van der Waals surface area contributed by atoms with Crippen LogP contribution in [0.4, 0.5) is 4.39 Å². The second-order valence-electron chi connectivity index (χ2n) is 8.11. The molecule has 4 rings (SSSR count). The van der Waals surface area contributed by atoms with Gasteiger partial charge in [-0.15, -0.1) is 0 Å². The summed E-state index contributed by atoms with van der Waals surface area (Å²) in [4.78, 5) is 13.1. The first-order chi connectivity index (χ1) is 15.0. The highest BCUT2D eigenvalue weighted by Gasteiger charge is 2.19. The molecule has 158 valence electrons. The first-order valence-corrected chi connectivity index (χ1v) is 10.6. The average Bonchev–Trinajstić information content (AvgIpc) is 3.12. The number of hydrogen-bond acceptors (Lipinski definition) is 2. The van der Waals surface area contributed by atoms with E-state index in [-0.39, 0.29) is 11.3 Å². The molecule has 31 heavy (non-hydrogen) atoms. The molecule has 3 nitrogen and oxygen atoms in total. The Morgan fingerprint density at radius 1 is 1.00 bits per heavy atom. The maximum atomic E-state index is 14.2. The lowest BCUT2D eigenvalue weighted by molar-refractivity contribution is 0.103. The van der Waals surface area contributed by atoms with Crippen LogP contribution < -0.4 is 4.74 Å². The van der Waals surface area contributed by atoms with E-state index in [1.807, 2.05) is 35.0 Å². The van der Waals surface area contributed by atoms with Crippen molar-refractivity contribution in [1.82, 2.24) is 4.57 Å². The minimum absolute atomic E-state index is 0.0861. The van der Waals surface area contributed by atoms with E-state index in [2.05, 4.69) is 39.0 Å². The highest BCUT2D eigenvalue weighted by Crippen LogP contribution is 2.28. The molecule has 1 heterocycles. The molecule has 0 N–H and O–H groups in total. The van der Waals surface area contributed by atoms with E-state index >= 15 is 0 Å². The molecular weight excluding hydrogens is 389 g/mol. The Morgan fingerprint density at radius 3 is 2.52 bits per heavy atom. The number of fused-ring (bicyclic) bond motifs is 1. The molecule has 0 bridgehead atoms. The first kappa shape index (κ1) is 20.9. The van der Waals surface area contributed by atoms with Gasteiger partial charge in [-0.25, -0.2) is 4.39 Å². The summed E-state index contributed by atoms with van der Waals surface area (Å²) in [5.41, 5.74) is 3.85. The van der Waals surface area contributed by atoms with Gasteiger partial charge in [-0.05, 0) is 48.2 Å². The van der Waals surface area contributed by atoms with E-state index in [1.165, 1.54) is 17.7 Å². The zero-order chi connectivity index (χ0) is 22.0. The SMILES string of the molecule is Cc1ccc(C(C)C)c(OCCn2cc(C(=O)c3ccccc3F)c3ccccc32)c1. The summed E-state index contributed by atoms with van der Waals surface area (Å²) in [6, 6.07) is 20.1. The number of ketones is 1. The van der Waals surface area contributed by atoms with Crippen molar-refractivity contribution in [2.45, 2.75) is 33.2 Å². The Balaban J connectivity index is 1.61. The number of aromatic nitrogens is 1. The Morgan fingerprint density at radius 2 is 1.74 bits per heavy atom. The lowest BCUT2D eigenvalue weighted by Gasteiger charge is -2.15. The molecule has 0 fully saturated rings. The van der Waals surface area contributed by atoms with Gasteiger partial charge in [0.05, 0.1) is 12.1 Å². The number of carbonyl (C=O) groups excluding carboxylic acids is 1. The Bertz CT molecular complexity index is 1240. The zero-order valence-electron chi connectivity index (χ0n) is 18.1. The largest absolute Gasteiger partial charge is 0.491 e. The van der Waals surface area contributed by atoms with Gasteiger partial charge >= 0.3 is 0 Å². The molecule has 0 aliphatic carbocycles. The molecule has 3 aromatic carbocycles. The second kappa shape index (κ2) is 8.76. The lowest BCUT2D eigenvalue weighted by Crippen LogP contribution is -2.09. The van der Waals surface area contributed by atoms with Crippen molar-refractivity contribution in [3.05, 3.63) is 101 Å². The van der Waals surface area contributed by atoms with Gasteiger partial charge in [0.25, 0.3) is 0 Å². The van der Waals surface area contributed by atoms with Crippen molar-refractivity contribution in [3.8, 4) is 5.75 Å². The van der Waals surface area contributed by atoms with Crippen molar-refractivity contribution >= 4 is 16.7 Å². The van der Waals surface area contributed by atoms with Crippen LogP contribution in [0.1, 0.15) is 46.8 Å². The number of para-hydroxylation sites is 1. The van der Waals surface area contributed by atoms with Gasteiger partial charge < -0.3 is 9.30 Å². The van der Waals surface area contributed by atoms with Crippen LogP contribution in [0.15, 0.2) is 72.9 Å². The standard InChI is InChI=1S/C27H26FNO2/c1-18(2)20-13-12-19(3)16-26(20)31-15-14-29-17-23(21-8-5-7-11-25(21)29)27(30)22-9-4-6-10-24(22)28/h4-13,16-18H,14-15H2,1-3H3. The molecule has 0 saturated carbocycles. The quantitative estimate of drug-likeness (QED) is 0.322. The van der Waals surface area contributed by atoms with Crippen molar-refractivity contribution in [3.63, 3.8) is 0 Å². The van der Waals surface area contributed by atoms with Gasteiger partial charge in [0.1, 0.15) is 18.2 Å². The number of benzene rings is 3.